The summed E-state index contributed by atoms with van der Waals surface area (Å²) in [6.45, 7) is 1.89. The average Bonchev–Trinajstić information content (AvgIpc) is 2.99. The Kier molecular flexibility index (Phi) is 3.02. The summed E-state index contributed by atoms with van der Waals surface area (Å²) in [5.41, 5.74) is 6.72. The van der Waals surface area contributed by atoms with Gasteiger partial charge >= 0.3 is 0 Å². The molecule has 0 saturated heterocycles. The summed E-state index contributed by atoms with van der Waals surface area (Å²) in [7, 11) is 0. The predicted octanol–water partition coefficient (Wildman–Crippen LogP) is 1.70. The second kappa shape index (κ2) is 4.28. The van der Waals surface area contributed by atoms with Crippen LogP contribution in [-0.2, 0) is 4.79 Å². The van der Waals surface area contributed by atoms with Crippen LogP contribution in [0.4, 0.5) is 5.13 Å². The second-order valence-electron chi connectivity index (χ2n) is 3.86. The Balaban J connectivity index is 1.95. The van der Waals surface area contributed by atoms with E-state index in [4.69, 9.17) is 5.73 Å². The molecular weight excluding hydrogens is 210 g/mol. The Hall–Kier alpha value is -0.940. The quantitative estimate of drug-likeness (QED) is 0.819. The lowest BCUT2D eigenvalue weighted by Crippen LogP contribution is -2.34. The molecule has 0 bridgehead atoms. The molecule has 0 unspecified atom stereocenters. The van der Waals surface area contributed by atoms with Crippen molar-refractivity contribution in [3.05, 3.63) is 11.1 Å². The minimum Gasteiger partial charge on any atom is -0.320 e. The van der Waals surface area contributed by atoms with Crippen molar-refractivity contribution >= 4 is 22.4 Å². The van der Waals surface area contributed by atoms with Crippen LogP contribution in [0.2, 0.25) is 0 Å². The molecule has 1 aliphatic carbocycles. The normalized spacial score (nSPS) is 17.5. The highest BCUT2D eigenvalue weighted by Crippen LogP contribution is 2.40. The van der Waals surface area contributed by atoms with Crippen LogP contribution in [-0.4, -0.2) is 16.9 Å². The molecule has 1 aromatic rings. The molecule has 0 aromatic carbocycles. The van der Waals surface area contributed by atoms with Crippen LogP contribution in [0.5, 0.6) is 0 Å². The number of rotatable bonds is 4. The van der Waals surface area contributed by atoms with Crippen molar-refractivity contribution in [2.24, 2.45) is 5.73 Å². The molecule has 1 atom stereocenters. The molecule has 1 heterocycles. The standard InChI is InChI=1S/C10H15N3OS/c1-2-7(11)9(14)13-10-12-8(5-15-10)6-3-4-6/h5-7H,2-4,11H2,1H3,(H,12,13,14)/t7-/m0/s1. The molecule has 0 aliphatic heterocycles. The van der Waals surface area contributed by atoms with Gasteiger partial charge in [0.1, 0.15) is 0 Å². The zero-order chi connectivity index (χ0) is 10.8. The van der Waals surface area contributed by atoms with E-state index >= 15 is 0 Å². The summed E-state index contributed by atoms with van der Waals surface area (Å²) < 4.78 is 0. The first kappa shape index (κ1) is 10.6. The van der Waals surface area contributed by atoms with Crippen LogP contribution in [0, 0.1) is 0 Å². The van der Waals surface area contributed by atoms with Crippen molar-refractivity contribution < 1.29 is 4.79 Å². The summed E-state index contributed by atoms with van der Waals surface area (Å²) in [5, 5.41) is 5.43. The highest BCUT2D eigenvalue weighted by Gasteiger charge is 2.26. The Morgan fingerprint density at radius 2 is 2.53 bits per heavy atom. The number of aromatic nitrogens is 1. The first-order valence-electron chi connectivity index (χ1n) is 5.22. The number of hydrogen-bond acceptors (Lipinski definition) is 4. The average molecular weight is 225 g/mol. The fraction of sp³-hybridized carbons (Fsp3) is 0.600. The third-order valence-corrected chi connectivity index (χ3v) is 3.30. The molecule has 1 amide bonds. The summed E-state index contributed by atoms with van der Waals surface area (Å²) in [5.74, 6) is 0.487. The number of hydrogen-bond donors (Lipinski definition) is 2. The fourth-order valence-electron chi connectivity index (χ4n) is 1.29. The molecule has 0 radical (unpaired) electrons. The molecule has 5 heteroatoms. The molecule has 0 spiro atoms. The number of nitrogens with one attached hydrogen (secondary N) is 1. The van der Waals surface area contributed by atoms with Gasteiger partial charge in [-0.3, -0.25) is 4.79 Å². The van der Waals surface area contributed by atoms with Crippen LogP contribution in [0.25, 0.3) is 0 Å². The van der Waals surface area contributed by atoms with Crippen molar-refractivity contribution in [1.29, 1.82) is 0 Å². The first-order valence-corrected chi connectivity index (χ1v) is 6.10. The lowest BCUT2D eigenvalue weighted by molar-refractivity contribution is -0.117. The summed E-state index contributed by atoms with van der Waals surface area (Å²) in [4.78, 5) is 15.8. The smallest absolute Gasteiger partial charge is 0.243 e. The third-order valence-electron chi connectivity index (χ3n) is 2.52. The zero-order valence-electron chi connectivity index (χ0n) is 8.69. The zero-order valence-corrected chi connectivity index (χ0v) is 9.51. The maximum atomic E-state index is 11.5. The van der Waals surface area contributed by atoms with Crippen LogP contribution in [0.1, 0.15) is 37.8 Å². The minimum absolute atomic E-state index is 0.144. The van der Waals surface area contributed by atoms with Crippen molar-refractivity contribution in [3.63, 3.8) is 0 Å². The van der Waals surface area contributed by atoms with Crippen LogP contribution >= 0.6 is 11.3 Å². The lowest BCUT2D eigenvalue weighted by atomic mass is 10.2. The van der Waals surface area contributed by atoms with Gasteiger partial charge in [-0.15, -0.1) is 11.3 Å². The van der Waals surface area contributed by atoms with Crippen molar-refractivity contribution in [3.8, 4) is 0 Å². The van der Waals surface area contributed by atoms with E-state index in [1.807, 2.05) is 12.3 Å². The highest BCUT2D eigenvalue weighted by molar-refractivity contribution is 7.13. The predicted molar refractivity (Wildman–Crippen MR) is 61.0 cm³/mol. The number of thiazole rings is 1. The maximum absolute atomic E-state index is 11.5. The van der Waals surface area contributed by atoms with Crippen LogP contribution < -0.4 is 11.1 Å². The molecule has 15 heavy (non-hydrogen) atoms. The third kappa shape index (κ3) is 2.54. The van der Waals surface area contributed by atoms with Gasteiger partial charge in [0.2, 0.25) is 5.91 Å². The summed E-state index contributed by atoms with van der Waals surface area (Å²) in [6.07, 6.45) is 3.10. The van der Waals surface area contributed by atoms with Gasteiger partial charge in [-0.2, -0.15) is 0 Å². The van der Waals surface area contributed by atoms with Gasteiger partial charge < -0.3 is 11.1 Å². The number of anilines is 1. The van der Waals surface area contributed by atoms with E-state index in [1.165, 1.54) is 24.2 Å². The number of nitrogens with zero attached hydrogens (tertiary/aromatic N) is 1. The molecule has 1 fully saturated rings. The van der Waals surface area contributed by atoms with Crippen molar-refractivity contribution in [2.45, 2.75) is 38.1 Å². The number of carbonyl (C=O) groups is 1. The SMILES string of the molecule is CC[C@H](N)C(=O)Nc1nc(C2CC2)cs1. The lowest BCUT2D eigenvalue weighted by Gasteiger charge is -2.06. The fourth-order valence-corrected chi connectivity index (χ4v) is 2.09. The molecule has 82 valence electrons. The molecule has 4 nitrogen and oxygen atoms in total. The number of nitrogens with two attached hydrogens (primary N) is 1. The van der Waals surface area contributed by atoms with E-state index in [1.54, 1.807) is 0 Å². The van der Waals surface area contributed by atoms with E-state index in [0.717, 1.165) is 5.69 Å². The summed E-state index contributed by atoms with van der Waals surface area (Å²) in [6, 6.07) is -0.432. The number of amides is 1. The van der Waals surface area contributed by atoms with Gasteiger partial charge in [0.25, 0.3) is 0 Å². The largest absolute Gasteiger partial charge is 0.320 e. The van der Waals surface area contributed by atoms with Gasteiger partial charge in [-0.1, -0.05) is 6.92 Å². The monoisotopic (exact) mass is 225 g/mol. The van der Waals surface area contributed by atoms with Crippen LogP contribution in [0.3, 0.4) is 0 Å². The highest BCUT2D eigenvalue weighted by atomic mass is 32.1. The molecule has 2 rings (SSSR count). The summed E-state index contributed by atoms with van der Waals surface area (Å²) >= 11 is 1.48. The van der Waals surface area contributed by atoms with Gasteiger partial charge in [0, 0.05) is 11.3 Å². The molecule has 1 aromatic heterocycles. The Labute approximate surface area is 92.9 Å². The van der Waals surface area contributed by atoms with Gasteiger partial charge in [0.15, 0.2) is 5.13 Å². The minimum atomic E-state index is -0.432. The molecule has 1 aliphatic rings. The van der Waals surface area contributed by atoms with Crippen molar-refractivity contribution in [1.82, 2.24) is 4.98 Å². The van der Waals surface area contributed by atoms with Gasteiger partial charge in [-0.05, 0) is 19.3 Å². The van der Waals surface area contributed by atoms with E-state index in [-0.39, 0.29) is 5.91 Å². The maximum Gasteiger partial charge on any atom is 0.243 e. The van der Waals surface area contributed by atoms with E-state index < -0.39 is 6.04 Å². The van der Waals surface area contributed by atoms with E-state index in [2.05, 4.69) is 10.3 Å². The van der Waals surface area contributed by atoms with Gasteiger partial charge in [0.05, 0.1) is 11.7 Å². The van der Waals surface area contributed by atoms with Crippen molar-refractivity contribution in [2.75, 3.05) is 5.32 Å². The van der Waals surface area contributed by atoms with Crippen LogP contribution in [0.15, 0.2) is 5.38 Å². The van der Waals surface area contributed by atoms with Gasteiger partial charge in [-0.25, -0.2) is 4.98 Å². The topological polar surface area (TPSA) is 68.0 Å². The Morgan fingerprint density at radius 3 is 3.13 bits per heavy atom. The Bertz CT molecular complexity index is 359. The molecule has 1 saturated carbocycles. The molecular formula is C10H15N3OS. The molecule has 3 N–H and O–H groups in total. The van der Waals surface area contributed by atoms with E-state index in [9.17, 15) is 4.79 Å². The van der Waals surface area contributed by atoms with E-state index in [0.29, 0.717) is 17.5 Å². The second-order valence-corrected chi connectivity index (χ2v) is 4.71. The number of carbonyl (C=O) groups excluding carboxylic acids is 1. The Morgan fingerprint density at radius 1 is 1.80 bits per heavy atom. The first-order chi connectivity index (χ1) is 7.20.